The van der Waals surface area contributed by atoms with E-state index in [-0.39, 0.29) is 28.5 Å². The largest absolute Gasteiger partial charge is 0.459 e. The van der Waals surface area contributed by atoms with Crippen molar-refractivity contribution in [3.8, 4) is 11.3 Å². The summed E-state index contributed by atoms with van der Waals surface area (Å²) in [5, 5.41) is 16.5. The molecule has 148 valence electrons. The molecule has 2 N–H and O–H groups in total. The van der Waals surface area contributed by atoms with Crippen molar-refractivity contribution in [2.45, 2.75) is 13.5 Å². The number of furan rings is 1. The first-order valence-corrected chi connectivity index (χ1v) is 9.73. The molecule has 0 bridgehead atoms. The molecule has 0 spiro atoms. The van der Waals surface area contributed by atoms with Crippen LogP contribution in [0.5, 0.6) is 0 Å². The van der Waals surface area contributed by atoms with Crippen LogP contribution in [0.25, 0.3) is 11.3 Å². The highest BCUT2D eigenvalue weighted by molar-refractivity contribution is 9.10. The normalized spacial score (nSPS) is 10.4. The summed E-state index contributed by atoms with van der Waals surface area (Å²) in [4.78, 5) is 22.9. The standard InChI is InChI=1S/C20H16BrN3O4S/c1-12-16(3-2-4-17(12)24(26)27)19(25)23-20(29)22-11-15-9-10-18(28-15)13-5-7-14(21)8-6-13/h2-10H,11H2,1H3,(H2,22,23,25,29). The average Bonchev–Trinajstić information content (AvgIpc) is 3.16. The Morgan fingerprint density at radius 1 is 1.17 bits per heavy atom. The third-order valence-electron chi connectivity index (χ3n) is 4.19. The zero-order valence-corrected chi connectivity index (χ0v) is 17.7. The first kappa shape index (κ1) is 20.7. The molecular formula is C20H16BrN3O4S. The summed E-state index contributed by atoms with van der Waals surface area (Å²) >= 11 is 8.54. The molecule has 0 aliphatic rings. The lowest BCUT2D eigenvalue weighted by Gasteiger charge is -2.10. The van der Waals surface area contributed by atoms with Gasteiger partial charge in [0, 0.05) is 27.2 Å². The van der Waals surface area contributed by atoms with Gasteiger partial charge in [0.15, 0.2) is 5.11 Å². The third kappa shape index (κ3) is 5.07. The molecule has 9 heteroatoms. The molecule has 1 aromatic heterocycles. The maximum Gasteiger partial charge on any atom is 0.273 e. The van der Waals surface area contributed by atoms with Gasteiger partial charge in [0.25, 0.3) is 11.6 Å². The van der Waals surface area contributed by atoms with Crippen LogP contribution in [0.2, 0.25) is 0 Å². The van der Waals surface area contributed by atoms with Gasteiger partial charge in [-0.1, -0.05) is 34.1 Å². The summed E-state index contributed by atoms with van der Waals surface area (Å²) in [6, 6.07) is 15.7. The average molecular weight is 474 g/mol. The van der Waals surface area contributed by atoms with E-state index in [4.69, 9.17) is 16.6 Å². The van der Waals surface area contributed by atoms with Crippen molar-refractivity contribution in [3.63, 3.8) is 0 Å². The van der Waals surface area contributed by atoms with Crippen molar-refractivity contribution in [2.75, 3.05) is 0 Å². The summed E-state index contributed by atoms with van der Waals surface area (Å²) in [6.07, 6.45) is 0. The Kier molecular flexibility index (Phi) is 6.40. The minimum Gasteiger partial charge on any atom is -0.459 e. The molecule has 0 fully saturated rings. The van der Waals surface area contributed by atoms with Gasteiger partial charge in [-0.05, 0) is 49.5 Å². The molecule has 1 amide bonds. The fourth-order valence-electron chi connectivity index (χ4n) is 2.69. The van der Waals surface area contributed by atoms with Gasteiger partial charge in [-0.3, -0.25) is 20.2 Å². The van der Waals surface area contributed by atoms with Crippen LogP contribution in [0.15, 0.2) is 63.5 Å². The van der Waals surface area contributed by atoms with Crippen molar-refractivity contribution >= 4 is 44.9 Å². The van der Waals surface area contributed by atoms with Gasteiger partial charge >= 0.3 is 0 Å². The topological polar surface area (TPSA) is 97.4 Å². The zero-order chi connectivity index (χ0) is 21.0. The summed E-state index contributed by atoms with van der Waals surface area (Å²) in [6.45, 7) is 1.81. The molecule has 29 heavy (non-hydrogen) atoms. The maximum atomic E-state index is 12.4. The number of thiocarbonyl (C=S) groups is 1. The Morgan fingerprint density at radius 3 is 2.59 bits per heavy atom. The smallest absolute Gasteiger partial charge is 0.273 e. The second-order valence-electron chi connectivity index (χ2n) is 6.12. The highest BCUT2D eigenvalue weighted by Gasteiger charge is 2.18. The van der Waals surface area contributed by atoms with Crippen molar-refractivity contribution in [1.29, 1.82) is 0 Å². The Hall–Kier alpha value is -3.04. The lowest BCUT2D eigenvalue weighted by molar-refractivity contribution is -0.385. The van der Waals surface area contributed by atoms with E-state index in [1.165, 1.54) is 25.1 Å². The maximum absolute atomic E-state index is 12.4. The molecule has 0 atom stereocenters. The van der Waals surface area contributed by atoms with Crippen molar-refractivity contribution < 1.29 is 14.1 Å². The number of nitro benzene ring substituents is 1. The number of nitrogens with one attached hydrogen (secondary N) is 2. The number of nitro groups is 1. The Balaban J connectivity index is 1.59. The zero-order valence-electron chi connectivity index (χ0n) is 15.3. The highest BCUT2D eigenvalue weighted by atomic mass is 79.9. The molecule has 0 saturated heterocycles. The van der Waals surface area contributed by atoms with E-state index in [0.717, 1.165) is 15.8 Å². The molecule has 0 unspecified atom stereocenters. The SMILES string of the molecule is Cc1c(C(=O)NC(=S)NCc2ccc(-c3ccc(Br)cc3)o2)cccc1[N+](=O)[O-]. The lowest BCUT2D eigenvalue weighted by Crippen LogP contribution is -2.39. The van der Waals surface area contributed by atoms with Gasteiger partial charge in [-0.25, -0.2) is 0 Å². The summed E-state index contributed by atoms with van der Waals surface area (Å²) in [7, 11) is 0. The van der Waals surface area contributed by atoms with E-state index in [1.807, 2.05) is 36.4 Å². The number of hydrogen-bond donors (Lipinski definition) is 2. The molecule has 0 radical (unpaired) electrons. The molecule has 0 aliphatic heterocycles. The minimum absolute atomic E-state index is 0.0995. The van der Waals surface area contributed by atoms with E-state index in [2.05, 4.69) is 26.6 Å². The van der Waals surface area contributed by atoms with Gasteiger partial charge in [-0.15, -0.1) is 0 Å². The molecule has 0 saturated carbocycles. The number of halogens is 1. The summed E-state index contributed by atoms with van der Waals surface area (Å²) < 4.78 is 6.77. The fourth-order valence-corrected chi connectivity index (χ4v) is 3.12. The number of rotatable bonds is 5. The molecule has 7 nitrogen and oxygen atoms in total. The molecular weight excluding hydrogens is 458 g/mol. The van der Waals surface area contributed by atoms with Crippen LogP contribution in [-0.4, -0.2) is 15.9 Å². The van der Waals surface area contributed by atoms with Crippen LogP contribution < -0.4 is 10.6 Å². The lowest BCUT2D eigenvalue weighted by atomic mass is 10.1. The quantitative estimate of drug-likeness (QED) is 0.315. The number of amides is 1. The van der Waals surface area contributed by atoms with E-state index >= 15 is 0 Å². The second-order valence-corrected chi connectivity index (χ2v) is 7.44. The van der Waals surface area contributed by atoms with Gasteiger partial charge in [0.2, 0.25) is 0 Å². The number of nitrogens with zero attached hydrogens (tertiary/aromatic N) is 1. The van der Waals surface area contributed by atoms with Gasteiger partial charge in [-0.2, -0.15) is 0 Å². The van der Waals surface area contributed by atoms with Crippen LogP contribution in [-0.2, 0) is 6.54 Å². The van der Waals surface area contributed by atoms with Crippen LogP contribution in [0, 0.1) is 17.0 Å². The van der Waals surface area contributed by atoms with E-state index in [1.54, 1.807) is 0 Å². The summed E-state index contributed by atoms with van der Waals surface area (Å²) in [5.41, 5.74) is 1.30. The molecule has 3 rings (SSSR count). The van der Waals surface area contributed by atoms with Crippen LogP contribution in [0.1, 0.15) is 21.7 Å². The minimum atomic E-state index is -0.525. The van der Waals surface area contributed by atoms with Crippen molar-refractivity contribution in [3.05, 3.63) is 86.1 Å². The first-order chi connectivity index (χ1) is 13.8. The van der Waals surface area contributed by atoms with Crippen molar-refractivity contribution in [2.24, 2.45) is 0 Å². The highest BCUT2D eigenvalue weighted by Crippen LogP contribution is 2.24. The van der Waals surface area contributed by atoms with E-state index in [0.29, 0.717) is 5.76 Å². The number of hydrogen-bond acceptors (Lipinski definition) is 5. The third-order valence-corrected chi connectivity index (χ3v) is 4.96. The molecule has 1 heterocycles. The summed E-state index contributed by atoms with van der Waals surface area (Å²) in [5.74, 6) is 0.848. The Morgan fingerprint density at radius 2 is 1.90 bits per heavy atom. The number of carbonyl (C=O) groups is 1. The van der Waals surface area contributed by atoms with Gasteiger partial charge in [0.1, 0.15) is 11.5 Å². The predicted molar refractivity (Wildman–Crippen MR) is 117 cm³/mol. The predicted octanol–water partition coefficient (Wildman–Crippen LogP) is 4.73. The van der Waals surface area contributed by atoms with Crippen LogP contribution >= 0.6 is 28.1 Å². The van der Waals surface area contributed by atoms with Crippen LogP contribution in [0.3, 0.4) is 0 Å². The molecule has 0 aliphatic carbocycles. The molecule has 3 aromatic rings. The van der Waals surface area contributed by atoms with Gasteiger partial charge in [0.05, 0.1) is 11.5 Å². The second kappa shape index (κ2) is 8.97. The Labute approximate surface area is 180 Å². The molecule has 2 aromatic carbocycles. The fraction of sp³-hybridized carbons (Fsp3) is 0.100. The van der Waals surface area contributed by atoms with E-state index < -0.39 is 10.8 Å². The monoisotopic (exact) mass is 473 g/mol. The number of carbonyl (C=O) groups excluding carboxylic acids is 1. The van der Waals surface area contributed by atoms with Crippen molar-refractivity contribution in [1.82, 2.24) is 10.6 Å². The first-order valence-electron chi connectivity index (χ1n) is 8.53. The Bertz CT molecular complexity index is 1080. The number of benzene rings is 2. The van der Waals surface area contributed by atoms with Crippen LogP contribution in [0.4, 0.5) is 5.69 Å². The van der Waals surface area contributed by atoms with Gasteiger partial charge < -0.3 is 9.73 Å². The van der Waals surface area contributed by atoms with E-state index in [9.17, 15) is 14.9 Å².